The molecule has 8 heteroatoms. The summed E-state index contributed by atoms with van der Waals surface area (Å²) in [5, 5.41) is 6.01. The molecule has 5 rings (SSSR count). The van der Waals surface area contributed by atoms with Crippen molar-refractivity contribution in [3.8, 4) is 0 Å². The molecule has 3 aliphatic heterocycles. The molecule has 2 aromatic carbocycles. The van der Waals surface area contributed by atoms with Gasteiger partial charge in [0.05, 0.1) is 29.8 Å². The van der Waals surface area contributed by atoms with E-state index in [4.69, 9.17) is 4.74 Å². The van der Waals surface area contributed by atoms with Crippen LogP contribution in [0.25, 0.3) is 0 Å². The van der Waals surface area contributed by atoms with Crippen LogP contribution < -0.4 is 4.90 Å². The van der Waals surface area contributed by atoms with Crippen molar-refractivity contribution in [2.45, 2.75) is 38.5 Å². The summed E-state index contributed by atoms with van der Waals surface area (Å²) in [5.41, 5.74) is 1.16. The van der Waals surface area contributed by atoms with E-state index in [1.54, 1.807) is 32.0 Å². The minimum absolute atomic E-state index is 0.276. The topological polar surface area (TPSA) is 79.3 Å². The van der Waals surface area contributed by atoms with Gasteiger partial charge in [-0.15, -0.1) is 0 Å². The fraction of sp³-hybridized carbons (Fsp3) is 0.333. The van der Waals surface area contributed by atoms with Gasteiger partial charge in [0.2, 0.25) is 11.8 Å². The average Bonchev–Trinajstić information content (AvgIpc) is 3.21. The molecule has 0 N–H and O–H groups in total. The van der Waals surface area contributed by atoms with Gasteiger partial charge in [0.25, 0.3) is 0 Å². The van der Waals surface area contributed by atoms with Crippen LogP contribution in [0.3, 0.4) is 0 Å². The first kappa shape index (κ1) is 20.4. The van der Waals surface area contributed by atoms with Crippen LogP contribution >= 0.6 is 0 Å². The number of fused-ring (bicyclic) bond motifs is 5. The summed E-state index contributed by atoms with van der Waals surface area (Å²) < 4.78 is 19.1. The Balaban J connectivity index is 1.62. The third-order valence-corrected chi connectivity index (χ3v) is 6.03. The van der Waals surface area contributed by atoms with Gasteiger partial charge in [-0.3, -0.25) is 14.6 Å². The number of benzene rings is 2. The first-order chi connectivity index (χ1) is 15.2. The van der Waals surface area contributed by atoms with Crippen molar-refractivity contribution < 1.29 is 23.5 Å². The van der Waals surface area contributed by atoms with E-state index in [-0.39, 0.29) is 5.69 Å². The van der Waals surface area contributed by atoms with Gasteiger partial charge in [0.1, 0.15) is 11.4 Å². The number of anilines is 1. The van der Waals surface area contributed by atoms with Crippen LogP contribution in [-0.2, 0) is 19.1 Å². The molecule has 4 atom stereocenters. The number of hydrazone groups is 1. The van der Waals surface area contributed by atoms with E-state index in [9.17, 15) is 18.8 Å². The number of amides is 2. The van der Waals surface area contributed by atoms with Crippen molar-refractivity contribution >= 4 is 29.7 Å². The Kier molecular flexibility index (Phi) is 4.44. The number of carbonyl (C=O) groups is 3. The van der Waals surface area contributed by atoms with E-state index in [1.165, 1.54) is 24.3 Å². The molecule has 0 bridgehead atoms. The zero-order chi connectivity index (χ0) is 22.8. The third kappa shape index (κ3) is 3.01. The molecule has 2 saturated heterocycles. The van der Waals surface area contributed by atoms with Gasteiger partial charge in [-0.1, -0.05) is 24.3 Å². The van der Waals surface area contributed by atoms with Gasteiger partial charge in [-0.05, 0) is 56.2 Å². The van der Waals surface area contributed by atoms with Gasteiger partial charge in [-0.2, -0.15) is 5.10 Å². The largest absolute Gasteiger partial charge is 0.458 e. The molecule has 7 nitrogen and oxygen atoms in total. The Hall–Kier alpha value is -3.55. The van der Waals surface area contributed by atoms with Crippen molar-refractivity contribution in [2.75, 3.05) is 4.90 Å². The fourth-order valence-corrected chi connectivity index (χ4v) is 4.85. The zero-order valence-electron chi connectivity index (χ0n) is 17.9. The van der Waals surface area contributed by atoms with E-state index < -0.39 is 53.1 Å². The second-order valence-corrected chi connectivity index (χ2v) is 9.22. The van der Waals surface area contributed by atoms with E-state index in [0.29, 0.717) is 0 Å². The van der Waals surface area contributed by atoms with Crippen LogP contribution in [0.4, 0.5) is 10.1 Å². The summed E-state index contributed by atoms with van der Waals surface area (Å²) in [6.45, 7) is 5.24. The predicted molar refractivity (Wildman–Crippen MR) is 114 cm³/mol. The highest BCUT2D eigenvalue weighted by atomic mass is 19.1. The smallest absolute Gasteiger partial charge is 0.331 e. The Labute approximate surface area is 184 Å². The number of imide groups is 1. The maximum Gasteiger partial charge on any atom is 0.331 e. The average molecular weight is 435 g/mol. The highest BCUT2D eigenvalue weighted by Crippen LogP contribution is 2.52. The molecule has 0 saturated carbocycles. The van der Waals surface area contributed by atoms with Crippen molar-refractivity contribution in [2.24, 2.45) is 16.9 Å². The molecule has 0 spiro atoms. The number of ether oxygens (including phenoxy) is 1. The number of hydrogen-bond acceptors (Lipinski definition) is 6. The number of hydrogen-bond donors (Lipinski definition) is 0. The van der Waals surface area contributed by atoms with E-state index in [1.807, 2.05) is 24.3 Å². The lowest BCUT2D eigenvalue weighted by Gasteiger charge is -2.34. The Bertz CT molecular complexity index is 1150. The molecule has 0 aromatic heterocycles. The minimum Gasteiger partial charge on any atom is -0.458 e. The summed E-state index contributed by atoms with van der Waals surface area (Å²) in [5.74, 6) is -3.79. The second-order valence-electron chi connectivity index (χ2n) is 9.22. The SMILES string of the molecule is CC(C)(C)OC(=O)[C@@H]1[C@H]2C(=O)N(c3ccc(F)cc3)C(=O)[C@@H]2[C@H]2c3ccccc3C=NN12. The number of rotatable bonds is 2. The van der Waals surface area contributed by atoms with Crippen molar-refractivity contribution in [3.63, 3.8) is 0 Å². The highest BCUT2D eigenvalue weighted by Gasteiger charge is 2.66. The molecule has 32 heavy (non-hydrogen) atoms. The standard InChI is InChI=1S/C24H22FN3O4/c1-24(2,3)32-23(31)20-18-17(19-16-7-5-4-6-13(16)12-26-28(19)20)21(29)27(22(18)30)15-10-8-14(25)9-11-15/h4-12,17-20H,1-3H3/t17-,18-,19+,20-/m0/s1. The Morgan fingerprint density at radius 1 is 1.00 bits per heavy atom. The van der Waals surface area contributed by atoms with Crippen LogP contribution in [-0.4, -0.2) is 40.7 Å². The Morgan fingerprint density at radius 3 is 2.34 bits per heavy atom. The van der Waals surface area contributed by atoms with Crippen LogP contribution in [0.5, 0.6) is 0 Å². The molecular formula is C24H22FN3O4. The molecule has 0 aliphatic carbocycles. The molecule has 3 heterocycles. The summed E-state index contributed by atoms with van der Waals surface area (Å²) in [7, 11) is 0. The maximum atomic E-state index is 13.6. The number of halogens is 1. The summed E-state index contributed by atoms with van der Waals surface area (Å²) in [6.07, 6.45) is 1.64. The van der Waals surface area contributed by atoms with Crippen LogP contribution in [0.1, 0.15) is 37.9 Å². The summed E-state index contributed by atoms with van der Waals surface area (Å²) in [6, 6.07) is 11.0. The number of nitrogens with zero attached hydrogens (tertiary/aromatic N) is 3. The van der Waals surface area contributed by atoms with E-state index in [2.05, 4.69) is 5.10 Å². The minimum atomic E-state index is -1.05. The van der Waals surface area contributed by atoms with E-state index in [0.717, 1.165) is 16.0 Å². The van der Waals surface area contributed by atoms with Gasteiger partial charge in [0, 0.05) is 0 Å². The lowest BCUT2D eigenvalue weighted by atomic mass is 9.85. The zero-order valence-corrected chi connectivity index (χ0v) is 17.9. The van der Waals surface area contributed by atoms with Gasteiger partial charge < -0.3 is 4.74 Å². The normalized spacial score (nSPS) is 26.1. The monoisotopic (exact) mass is 435 g/mol. The van der Waals surface area contributed by atoms with Gasteiger partial charge in [-0.25, -0.2) is 14.1 Å². The van der Waals surface area contributed by atoms with Crippen molar-refractivity contribution in [1.29, 1.82) is 0 Å². The second kappa shape index (κ2) is 6.98. The Morgan fingerprint density at radius 2 is 1.66 bits per heavy atom. The maximum absolute atomic E-state index is 13.6. The molecule has 2 amide bonds. The van der Waals surface area contributed by atoms with Crippen molar-refractivity contribution in [3.05, 3.63) is 65.5 Å². The lowest BCUT2D eigenvalue weighted by molar-refractivity contribution is -0.163. The first-order valence-electron chi connectivity index (χ1n) is 10.4. The van der Waals surface area contributed by atoms with Crippen LogP contribution in [0.2, 0.25) is 0 Å². The first-order valence-corrected chi connectivity index (χ1v) is 10.4. The lowest BCUT2D eigenvalue weighted by Crippen LogP contribution is -2.46. The summed E-state index contributed by atoms with van der Waals surface area (Å²) in [4.78, 5) is 41.4. The quantitative estimate of drug-likeness (QED) is 0.535. The van der Waals surface area contributed by atoms with Gasteiger partial charge >= 0.3 is 5.97 Å². The van der Waals surface area contributed by atoms with Gasteiger partial charge in [0.15, 0.2) is 6.04 Å². The number of esters is 1. The third-order valence-electron chi connectivity index (χ3n) is 6.03. The molecule has 2 fully saturated rings. The molecule has 3 aliphatic rings. The van der Waals surface area contributed by atoms with Crippen molar-refractivity contribution in [1.82, 2.24) is 5.01 Å². The summed E-state index contributed by atoms with van der Waals surface area (Å²) >= 11 is 0. The number of carbonyl (C=O) groups excluding carboxylic acids is 3. The van der Waals surface area contributed by atoms with Crippen LogP contribution in [0.15, 0.2) is 53.6 Å². The molecular weight excluding hydrogens is 413 g/mol. The van der Waals surface area contributed by atoms with Crippen LogP contribution in [0, 0.1) is 17.7 Å². The fourth-order valence-electron chi connectivity index (χ4n) is 4.85. The van der Waals surface area contributed by atoms with E-state index >= 15 is 0 Å². The molecule has 2 aromatic rings. The molecule has 0 unspecified atom stereocenters. The molecule has 164 valence electrons. The molecule has 0 radical (unpaired) electrons. The predicted octanol–water partition coefficient (Wildman–Crippen LogP) is 3.05. The highest BCUT2D eigenvalue weighted by molar-refractivity contribution is 6.23.